The number of hydrogen-bond acceptors (Lipinski definition) is 4. The van der Waals surface area contributed by atoms with Gasteiger partial charge < -0.3 is 10.6 Å². The van der Waals surface area contributed by atoms with Crippen molar-refractivity contribution in [2.45, 2.75) is 38.0 Å². The Labute approximate surface area is 126 Å². The van der Waals surface area contributed by atoms with Crippen LogP contribution in [0, 0.1) is 6.92 Å². The van der Waals surface area contributed by atoms with E-state index in [0.717, 1.165) is 30.5 Å². The second kappa shape index (κ2) is 6.58. The van der Waals surface area contributed by atoms with Crippen molar-refractivity contribution in [2.75, 3.05) is 18.1 Å². The molecule has 0 spiro atoms. The van der Waals surface area contributed by atoms with Crippen molar-refractivity contribution in [3.63, 3.8) is 0 Å². The maximum absolute atomic E-state index is 12.0. The maximum atomic E-state index is 12.0. The van der Waals surface area contributed by atoms with Crippen molar-refractivity contribution in [1.82, 2.24) is 5.32 Å². The van der Waals surface area contributed by atoms with E-state index in [2.05, 4.69) is 10.6 Å². The van der Waals surface area contributed by atoms with Crippen molar-refractivity contribution in [3.8, 4) is 0 Å². The van der Waals surface area contributed by atoms with E-state index in [1.807, 2.05) is 6.92 Å². The van der Waals surface area contributed by atoms with Gasteiger partial charge in [-0.05, 0) is 43.5 Å². The molecule has 2 rings (SSSR count). The molecule has 0 saturated carbocycles. The summed E-state index contributed by atoms with van der Waals surface area (Å²) in [5, 5.41) is 6.18. The van der Waals surface area contributed by atoms with E-state index in [4.69, 9.17) is 0 Å². The van der Waals surface area contributed by atoms with Crippen LogP contribution in [-0.2, 0) is 20.4 Å². The van der Waals surface area contributed by atoms with Crippen LogP contribution in [0.15, 0.2) is 18.2 Å². The molecule has 1 aromatic rings. The van der Waals surface area contributed by atoms with E-state index in [-0.39, 0.29) is 17.7 Å². The molecule has 116 valence electrons. The lowest BCUT2D eigenvalue weighted by Crippen LogP contribution is -2.27. The van der Waals surface area contributed by atoms with Crippen molar-refractivity contribution >= 4 is 21.4 Å². The summed E-state index contributed by atoms with van der Waals surface area (Å²) in [7, 11) is -3.09. The highest BCUT2D eigenvalue weighted by molar-refractivity contribution is 7.89. The summed E-state index contributed by atoms with van der Waals surface area (Å²) >= 11 is 0. The lowest BCUT2D eigenvalue weighted by molar-refractivity contribution is -0.116. The Kier molecular flexibility index (Phi) is 5.00. The molecule has 1 unspecified atom stereocenters. The predicted molar refractivity (Wildman–Crippen MR) is 84.0 cm³/mol. The number of anilines is 1. The molecule has 1 aliphatic heterocycles. The van der Waals surface area contributed by atoms with E-state index in [1.54, 1.807) is 18.2 Å². The Hall–Kier alpha value is -1.40. The first kappa shape index (κ1) is 16.0. The van der Waals surface area contributed by atoms with Crippen LogP contribution in [-0.4, -0.2) is 33.2 Å². The highest BCUT2D eigenvalue weighted by Gasteiger charge is 2.18. The summed E-state index contributed by atoms with van der Waals surface area (Å²) in [5.74, 6) is -0.0405. The Morgan fingerprint density at radius 3 is 2.81 bits per heavy atom. The molecule has 1 aromatic carbocycles. The molecule has 5 nitrogen and oxygen atoms in total. The van der Waals surface area contributed by atoms with Gasteiger partial charge in [0.15, 0.2) is 9.84 Å². The van der Waals surface area contributed by atoms with Gasteiger partial charge in [0, 0.05) is 24.4 Å². The first-order chi connectivity index (χ1) is 9.85. The maximum Gasteiger partial charge on any atom is 0.225 e. The zero-order valence-electron chi connectivity index (χ0n) is 12.5. The molecule has 1 atom stereocenters. The number of carbonyl (C=O) groups is 1. The van der Waals surface area contributed by atoms with E-state index in [1.165, 1.54) is 6.26 Å². The fourth-order valence-corrected chi connectivity index (χ4v) is 3.49. The normalized spacial score (nSPS) is 18.7. The van der Waals surface area contributed by atoms with E-state index in [9.17, 15) is 13.2 Å². The minimum Gasteiger partial charge on any atom is -0.326 e. The number of carbonyl (C=O) groups excluding carboxylic acids is 1. The summed E-state index contributed by atoms with van der Waals surface area (Å²) in [6.45, 7) is 2.81. The van der Waals surface area contributed by atoms with Gasteiger partial charge in [-0.2, -0.15) is 0 Å². The molecule has 21 heavy (non-hydrogen) atoms. The first-order valence-electron chi connectivity index (χ1n) is 7.14. The number of sulfone groups is 1. The standard InChI is InChI=1S/C15H22N2O3S/c1-11-12(10-21(2,19)20)5-3-7-14(11)17-15(18)9-13-6-4-8-16-13/h3,5,7,13,16H,4,6,8-10H2,1-2H3,(H,17,18). The number of hydrogen-bond donors (Lipinski definition) is 2. The van der Waals surface area contributed by atoms with Crippen molar-refractivity contribution in [1.29, 1.82) is 0 Å². The zero-order chi connectivity index (χ0) is 15.5. The van der Waals surface area contributed by atoms with Gasteiger partial charge in [0.2, 0.25) is 5.91 Å². The van der Waals surface area contributed by atoms with Crippen LogP contribution < -0.4 is 10.6 Å². The summed E-state index contributed by atoms with van der Waals surface area (Å²) in [5.41, 5.74) is 2.24. The van der Waals surface area contributed by atoms with Gasteiger partial charge in [0.05, 0.1) is 5.75 Å². The lowest BCUT2D eigenvalue weighted by atomic mass is 10.1. The molecule has 1 fully saturated rings. The molecule has 1 aliphatic rings. The van der Waals surface area contributed by atoms with Crippen LogP contribution in [0.3, 0.4) is 0 Å². The molecule has 0 aromatic heterocycles. The van der Waals surface area contributed by atoms with Crippen molar-refractivity contribution in [2.24, 2.45) is 0 Å². The summed E-state index contributed by atoms with van der Waals surface area (Å²) in [4.78, 5) is 12.0. The molecule has 0 aliphatic carbocycles. The van der Waals surface area contributed by atoms with Gasteiger partial charge in [0.1, 0.15) is 0 Å². The summed E-state index contributed by atoms with van der Waals surface area (Å²) < 4.78 is 22.8. The van der Waals surface area contributed by atoms with Crippen LogP contribution in [0.5, 0.6) is 0 Å². The Morgan fingerprint density at radius 2 is 2.19 bits per heavy atom. The van der Waals surface area contributed by atoms with Gasteiger partial charge in [0.25, 0.3) is 0 Å². The van der Waals surface area contributed by atoms with E-state index in [0.29, 0.717) is 12.1 Å². The predicted octanol–water partition coefficient (Wildman–Crippen LogP) is 1.62. The number of amides is 1. The molecule has 0 radical (unpaired) electrons. The zero-order valence-corrected chi connectivity index (χ0v) is 13.3. The van der Waals surface area contributed by atoms with Crippen LogP contribution in [0.2, 0.25) is 0 Å². The van der Waals surface area contributed by atoms with E-state index >= 15 is 0 Å². The third-order valence-corrected chi connectivity index (χ3v) is 4.57. The molecule has 1 heterocycles. The molecule has 0 bridgehead atoms. The minimum absolute atomic E-state index is 0.00722. The molecule has 2 N–H and O–H groups in total. The molecule has 1 saturated heterocycles. The van der Waals surface area contributed by atoms with Gasteiger partial charge in [-0.15, -0.1) is 0 Å². The molecule has 1 amide bonds. The highest BCUT2D eigenvalue weighted by Crippen LogP contribution is 2.21. The average Bonchev–Trinajstić information content (AvgIpc) is 2.85. The van der Waals surface area contributed by atoms with Gasteiger partial charge in [-0.3, -0.25) is 4.79 Å². The number of benzene rings is 1. The van der Waals surface area contributed by atoms with Gasteiger partial charge in [-0.1, -0.05) is 12.1 Å². The fraction of sp³-hybridized carbons (Fsp3) is 0.533. The van der Waals surface area contributed by atoms with Crippen LogP contribution in [0.1, 0.15) is 30.4 Å². The first-order valence-corrected chi connectivity index (χ1v) is 9.20. The number of nitrogens with one attached hydrogen (secondary N) is 2. The van der Waals surface area contributed by atoms with E-state index < -0.39 is 9.84 Å². The van der Waals surface area contributed by atoms with Crippen LogP contribution in [0.25, 0.3) is 0 Å². The lowest BCUT2D eigenvalue weighted by Gasteiger charge is -2.14. The van der Waals surface area contributed by atoms with Gasteiger partial charge in [-0.25, -0.2) is 8.42 Å². The monoisotopic (exact) mass is 310 g/mol. The quantitative estimate of drug-likeness (QED) is 0.866. The highest BCUT2D eigenvalue weighted by atomic mass is 32.2. The topological polar surface area (TPSA) is 75.3 Å². The Bertz CT molecular complexity index is 620. The minimum atomic E-state index is -3.09. The summed E-state index contributed by atoms with van der Waals surface area (Å²) in [6, 6.07) is 5.62. The second-order valence-corrected chi connectivity index (χ2v) is 7.85. The molecule has 6 heteroatoms. The smallest absolute Gasteiger partial charge is 0.225 e. The Balaban J connectivity index is 2.05. The molecular formula is C15H22N2O3S. The van der Waals surface area contributed by atoms with Crippen LogP contribution in [0.4, 0.5) is 5.69 Å². The fourth-order valence-electron chi connectivity index (χ4n) is 2.61. The SMILES string of the molecule is Cc1c(CS(C)(=O)=O)cccc1NC(=O)CC1CCCN1. The molecular weight excluding hydrogens is 288 g/mol. The average molecular weight is 310 g/mol. The van der Waals surface area contributed by atoms with Crippen LogP contribution >= 0.6 is 0 Å². The largest absolute Gasteiger partial charge is 0.326 e. The second-order valence-electron chi connectivity index (χ2n) is 5.71. The third kappa shape index (κ3) is 4.82. The third-order valence-electron chi connectivity index (χ3n) is 3.73. The van der Waals surface area contributed by atoms with Crippen molar-refractivity contribution in [3.05, 3.63) is 29.3 Å². The number of rotatable bonds is 5. The Morgan fingerprint density at radius 1 is 1.43 bits per heavy atom. The van der Waals surface area contributed by atoms with Crippen molar-refractivity contribution < 1.29 is 13.2 Å². The van der Waals surface area contributed by atoms with Gasteiger partial charge >= 0.3 is 0 Å². The summed E-state index contributed by atoms with van der Waals surface area (Å²) in [6.07, 6.45) is 3.81.